The summed E-state index contributed by atoms with van der Waals surface area (Å²) in [5.74, 6) is 0. The minimum Gasteiger partial charge on any atom is -0.395 e. The highest BCUT2D eigenvalue weighted by Crippen LogP contribution is 2.15. The van der Waals surface area contributed by atoms with Gasteiger partial charge in [0.15, 0.2) is 0 Å². The Hall–Kier alpha value is -1.06. The predicted octanol–water partition coefficient (Wildman–Crippen LogP) is 1.35. The van der Waals surface area contributed by atoms with Gasteiger partial charge < -0.3 is 15.7 Å². The fraction of sp³-hybridized carbons (Fsp3) is 0.500. The van der Waals surface area contributed by atoms with Crippen molar-refractivity contribution in [2.45, 2.75) is 19.9 Å². The summed E-state index contributed by atoms with van der Waals surface area (Å²) < 4.78 is 0. The summed E-state index contributed by atoms with van der Waals surface area (Å²) in [4.78, 5) is 2.18. The Labute approximate surface area is 91.5 Å². The van der Waals surface area contributed by atoms with Crippen LogP contribution in [0.3, 0.4) is 0 Å². The van der Waals surface area contributed by atoms with Crippen molar-refractivity contribution in [3.63, 3.8) is 0 Å². The Bertz CT molecular complexity index is 265. The van der Waals surface area contributed by atoms with Crippen molar-refractivity contribution in [3.8, 4) is 0 Å². The molecule has 1 rings (SSSR count). The Morgan fingerprint density at radius 1 is 1.20 bits per heavy atom. The van der Waals surface area contributed by atoms with Crippen molar-refractivity contribution >= 4 is 5.69 Å². The summed E-state index contributed by atoms with van der Waals surface area (Å²) in [6, 6.07) is 8.20. The van der Waals surface area contributed by atoms with Crippen LogP contribution < -0.4 is 10.6 Å². The van der Waals surface area contributed by atoms with Gasteiger partial charge in [-0.15, -0.1) is 0 Å². The molecule has 3 nitrogen and oxygen atoms in total. The van der Waals surface area contributed by atoms with Crippen molar-refractivity contribution in [2.75, 3.05) is 24.6 Å². The van der Waals surface area contributed by atoms with Crippen LogP contribution in [0, 0.1) is 0 Å². The molecule has 0 spiro atoms. The number of aliphatic hydroxyl groups is 1. The van der Waals surface area contributed by atoms with E-state index >= 15 is 0 Å². The number of benzene rings is 1. The molecule has 0 fully saturated rings. The zero-order chi connectivity index (χ0) is 11.1. The molecule has 1 aromatic rings. The molecule has 3 heteroatoms. The van der Waals surface area contributed by atoms with E-state index < -0.39 is 0 Å². The molecule has 3 N–H and O–H groups in total. The molecule has 0 aliphatic rings. The lowest BCUT2D eigenvalue weighted by Gasteiger charge is -2.23. The summed E-state index contributed by atoms with van der Waals surface area (Å²) in [5.41, 5.74) is 7.83. The highest BCUT2D eigenvalue weighted by Gasteiger charge is 2.03. The van der Waals surface area contributed by atoms with E-state index in [1.54, 1.807) is 0 Å². The van der Waals surface area contributed by atoms with Gasteiger partial charge in [0, 0.05) is 25.3 Å². The van der Waals surface area contributed by atoms with Gasteiger partial charge in [-0.3, -0.25) is 0 Å². The zero-order valence-electron chi connectivity index (χ0n) is 9.32. The molecule has 0 heterocycles. The van der Waals surface area contributed by atoms with Gasteiger partial charge in [-0.2, -0.15) is 0 Å². The van der Waals surface area contributed by atoms with Gasteiger partial charge in [0.2, 0.25) is 0 Å². The first-order valence-electron chi connectivity index (χ1n) is 5.46. The van der Waals surface area contributed by atoms with E-state index in [-0.39, 0.29) is 6.61 Å². The Morgan fingerprint density at radius 3 is 2.33 bits per heavy atom. The van der Waals surface area contributed by atoms with Crippen LogP contribution in [0.15, 0.2) is 24.3 Å². The third-order valence-electron chi connectivity index (χ3n) is 2.40. The molecule has 0 radical (unpaired) electrons. The van der Waals surface area contributed by atoms with Crippen LogP contribution in [0.2, 0.25) is 0 Å². The summed E-state index contributed by atoms with van der Waals surface area (Å²) in [7, 11) is 0. The number of anilines is 1. The molecule has 1 aromatic carbocycles. The molecule has 0 aliphatic heterocycles. The minimum atomic E-state index is 0.193. The molecule has 0 saturated heterocycles. The molecular formula is C12H20N2O. The summed E-state index contributed by atoms with van der Waals surface area (Å²) in [6.07, 6.45) is 1.08. The number of nitrogens with zero attached hydrogens (tertiary/aromatic N) is 1. The van der Waals surface area contributed by atoms with Crippen LogP contribution >= 0.6 is 0 Å². The van der Waals surface area contributed by atoms with Crippen molar-refractivity contribution in [1.29, 1.82) is 0 Å². The molecule has 0 amide bonds. The first-order chi connectivity index (χ1) is 7.31. The van der Waals surface area contributed by atoms with E-state index in [0.717, 1.165) is 24.2 Å². The fourth-order valence-electron chi connectivity index (χ4n) is 1.60. The van der Waals surface area contributed by atoms with Crippen molar-refractivity contribution < 1.29 is 5.11 Å². The second-order valence-electron chi connectivity index (χ2n) is 3.58. The van der Waals surface area contributed by atoms with Gasteiger partial charge in [-0.1, -0.05) is 19.1 Å². The van der Waals surface area contributed by atoms with E-state index in [4.69, 9.17) is 10.8 Å². The summed E-state index contributed by atoms with van der Waals surface area (Å²) >= 11 is 0. The second kappa shape index (κ2) is 6.43. The summed E-state index contributed by atoms with van der Waals surface area (Å²) in [6.45, 7) is 4.57. The van der Waals surface area contributed by atoms with Gasteiger partial charge in [0.05, 0.1) is 6.61 Å². The maximum Gasteiger partial charge on any atom is 0.0606 e. The predicted molar refractivity (Wildman–Crippen MR) is 63.9 cm³/mol. The lowest BCUT2D eigenvalue weighted by molar-refractivity contribution is 0.302. The Morgan fingerprint density at radius 2 is 1.87 bits per heavy atom. The first kappa shape index (κ1) is 12.0. The normalized spacial score (nSPS) is 10.3. The maximum absolute atomic E-state index is 8.96. The monoisotopic (exact) mass is 208 g/mol. The van der Waals surface area contributed by atoms with Crippen LogP contribution in [-0.4, -0.2) is 24.8 Å². The largest absolute Gasteiger partial charge is 0.395 e. The average Bonchev–Trinajstić information content (AvgIpc) is 2.29. The number of nitrogens with two attached hydrogens (primary N) is 1. The molecule has 15 heavy (non-hydrogen) atoms. The van der Waals surface area contributed by atoms with E-state index in [9.17, 15) is 0 Å². The number of hydrogen-bond acceptors (Lipinski definition) is 3. The van der Waals surface area contributed by atoms with Crippen molar-refractivity contribution in [3.05, 3.63) is 29.8 Å². The molecule has 0 aliphatic carbocycles. The SMILES string of the molecule is CCCN(CCO)c1ccc(CN)cc1. The standard InChI is InChI=1S/C12H20N2O/c1-2-7-14(8-9-15)12-5-3-11(10-13)4-6-12/h3-6,15H,2,7-10,13H2,1H3. The van der Waals surface area contributed by atoms with Gasteiger partial charge in [0.1, 0.15) is 0 Å². The number of rotatable bonds is 6. The van der Waals surface area contributed by atoms with E-state index in [2.05, 4.69) is 24.0 Å². The van der Waals surface area contributed by atoms with E-state index in [0.29, 0.717) is 13.1 Å². The second-order valence-corrected chi connectivity index (χ2v) is 3.58. The van der Waals surface area contributed by atoms with Gasteiger partial charge in [-0.05, 0) is 24.1 Å². The quantitative estimate of drug-likeness (QED) is 0.742. The van der Waals surface area contributed by atoms with E-state index in [1.165, 1.54) is 0 Å². The molecular weight excluding hydrogens is 188 g/mol. The number of aliphatic hydroxyl groups excluding tert-OH is 1. The van der Waals surface area contributed by atoms with Crippen molar-refractivity contribution in [2.24, 2.45) is 5.73 Å². The fourth-order valence-corrected chi connectivity index (χ4v) is 1.60. The lowest BCUT2D eigenvalue weighted by Crippen LogP contribution is -2.27. The molecule has 84 valence electrons. The molecule has 0 unspecified atom stereocenters. The van der Waals surface area contributed by atoms with E-state index in [1.807, 2.05) is 12.1 Å². The Balaban J connectivity index is 2.72. The first-order valence-corrected chi connectivity index (χ1v) is 5.46. The summed E-state index contributed by atoms with van der Waals surface area (Å²) in [5, 5.41) is 8.96. The molecule has 0 atom stereocenters. The molecule has 0 saturated carbocycles. The highest BCUT2D eigenvalue weighted by molar-refractivity contribution is 5.47. The van der Waals surface area contributed by atoms with Crippen LogP contribution in [0.25, 0.3) is 0 Å². The van der Waals surface area contributed by atoms with Crippen LogP contribution in [0.4, 0.5) is 5.69 Å². The smallest absolute Gasteiger partial charge is 0.0606 e. The Kier molecular flexibility index (Phi) is 5.15. The van der Waals surface area contributed by atoms with Crippen LogP contribution in [0.5, 0.6) is 0 Å². The maximum atomic E-state index is 8.96. The third kappa shape index (κ3) is 3.53. The van der Waals surface area contributed by atoms with Gasteiger partial charge >= 0.3 is 0 Å². The lowest BCUT2D eigenvalue weighted by atomic mass is 10.2. The minimum absolute atomic E-state index is 0.193. The topological polar surface area (TPSA) is 49.5 Å². The zero-order valence-corrected chi connectivity index (χ0v) is 9.32. The highest BCUT2D eigenvalue weighted by atomic mass is 16.3. The average molecular weight is 208 g/mol. The third-order valence-corrected chi connectivity index (χ3v) is 2.40. The van der Waals surface area contributed by atoms with Crippen molar-refractivity contribution in [1.82, 2.24) is 0 Å². The van der Waals surface area contributed by atoms with Crippen LogP contribution in [-0.2, 0) is 6.54 Å². The van der Waals surface area contributed by atoms with Gasteiger partial charge in [0.25, 0.3) is 0 Å². The molecule has 0 bridgehead atoms. The van der Waals surface area contributed by atoms with Crippen LogP contribution in [0.1, 0.15) is 18.9 Å². The van der Waals surface area contributed by atoms with Gasteiger partial charge in [-0.25, -0.2) is 0 Å². The number of hydrogen-bond donors (Lipinski definition) is 2. The molecule has 0 aromatic heterocycles.